The molecule has 19 heavy (non-hydrogen) atoms. The number of carbonyl (C=O) groups excluding carboxylic acids is 1. The molecule has 0 aromatic heterocycles. The topological polar surface area (TPSA) is 55.8 Å². The molecule has 1 aromatic rings. The van der Waals surface area contributed by atoms with E-state index in [-0.39, 0.29) is 18.7 Å². The SMILES string of the molecule is CO[C@]1(C(=O)OCc2ccccc2)CC[C@H](O)CC1. The van der Waals surface area contributed by atoms with Gasteiger partial charge in [-0.3, -0.25) is 0 Å². The maximum absolute atomic E-state index is 12.2. The smallest absolute Gasteiger partial charge is 0.338 e. The van der Waals surface area contributed by atoms with Crippen LogP contribution in [0.25, 0.3) is 0 Å². The third kappa shape index (κ3) is 3.33. The molecule has 0 spiro atoms. The van der Waals surface area contributed by atoms with Crippen molar-refractivity contribution in [2.75, 3.05) is 7.11 Å². The van der Waals surface area contributed by atoms with Crippen LogP contribution < -0.4 is 0 Å². The lowest BCUT2D eigenvalue weighted by Crippen LogP contribution is -2.46. The third-order valence-electron chi connectivity index (χ3n) is 3.74. The molecule has 0 aliphatic heterocycles. The number of benzene rings is 1. The zero-order valence-corrected chi connectivity index (χ0v) is 11.2. The Morgan fingerprint density at radius 2 is 1.95 bits per heavy atom. The Balaban J connectivity index is 1.94. The highest BCUT2D eigenvalue weighted by Gasteiger charge is 2.43. The zero-order chi connectivity index (χ0) is 13.7. The van der Waals surface area contributed by atoms with Crippen LogP contribution >= 0.6 is 0 Å². The summed E-state index contributed by atoms with van der Waals surface area (Å²) in [7, 11) is 1.53. The van der Waals surface area contributed by atoms with E-state index in [9.17, 15) is 9.90 Å². The summed E-state index contributed by atoms with van der Waals surface area (Å²) in [4.78, 5) is 12.2. The normalized spacial score (nSPS) is 26.9. The molecule has 104 valence electrons. The molecular formula is C15H20O4. The lowest BCUT2D eigenvalue weighted by Gasteiger charge is -2.35. The van der Waals surface area contributed by atoms with Gasteiger partial charge in [0.1, 0.15) is 6.61 Å². The maximum Gasteiger partial charge on any atom is 0.338 e. The van der Waals surface area contributed by atoms with Crippen LogP contribution in [0.3, 0.4) is 0 Å². The van der Waals surface area contributed by atoms with Crippen LogP contribution in [0.4, 0.5) is 0 Å². The molecule has 0 bridgehead atoms. The molecule has 1 aromatic carbocycles. The van der Waals surface area contributed by atoms with Crippen molar-refractivity contribution in [2.24, 2.45) is 0 Å². The fraction of sp³-hybridized carbons (Fsp3) is 0.533. The van der Waals surface area contributed by atoms with Gasteiger partial charge in [0.25, 0.3) is 0 Å². The lowest BCUT2D eigenvalue weighted by molar-refractivity contribution is -0.177. The van der Waals surface area contributed by atoms with Crippen LogP contribution in [0.15, 0.2) is 30.3 Å². The number of aliphatic hydroxyl groups excluding tert-OH is 1. The highest BCUT2D eigenvalue weighted by atomic mass is 16.6. The second-order valence-corrected chi connectivity index (χ2v) is 4.99. The van der Waals surface area contributed by atoms with Crippen LogP contribution in [0.2, 0.25) is 0 Å². The third-order valence-corrected chi connectivity index (χ3v) is 3.74. The van der Waals surface area contributed by atoms with Crippen molar-refractivity contribution < 1.29 is 19.4 Å². The van der Waals surface area contributed by atoms with E-state index in [1.54, 1.807) is 0 Å². The van der Waals surface area contributed by atoms with E-state index >= 15 is 0 Å². The number of carbonyl (C=O) groups is 1. The number of ether oxygens (including phenoxy) is 2. The molecule has 2 rings (SSSR count). The Morgan fingerprint density at radius 1 is 1.32 bits per heavy atom. The summed E-state index contributed by atoms with van der Waals surface area (Å²) in [6.45, 7) is 0.257. The van der Waals surface area contributed by atoms with Gasteiger partial charge in [0, 0.05) is 7.11 Å². The fourth-order valence-corrected chi connectivity index (χ4v) is 2.42. The monoisotopic (exact) mass is 264 g/mol. The van der Waals surface area contributed by atoms with Crippen LogP contribution in [0.5, 0.6) is 0 Å². The van der Waals surface area contributed by atoms with Crippen molar-refractivity contribution in [3.8, 4) is 0 Å². The van der Waals surface area contributed by atoms with Gasteiger partial charge in [0.05, 0.1) is 6.10 Å². The van der Waals surface area contributed by atoms with Crippen molar-refractivity contribution in [3.63, 3.8) is 0 Å². The molecule has 1 N–H and O–H groups in total. The second kappa shape index (κ2) is 6.17. The summed E-state index contributed by atoms with van der Waals surface area (Å²) in [5, 5.41) is 9.52. The summed E-state index contributed by atoms with van der Waals surface area (Å²) < 4.78 is 10.7. The van der Waals surface area contributed by atoms with E-state index in [1.165, 1.54) is 7.11 Å². The lowest BCUT2D eigenvalue weighted by atomic mass is 9.83. The van der Waals surface area contributed by atoms with Crippen molar-refractivity contribution in [3.05, 3.63) is 35.9 Å². The van der Waals surface area contributed by atoms with Gasteiger partial charge in [-0.1, -0.05) is 30.3 Å². The van der Waals surface area contributed by atoms with Gasteiger partial charge >= 0.3 is 5.97 Å². The molecule has 0 heterocycles. The van der Waals surface area contributed by atoms with E-state index in [0.717, 1.165) is 5.56 Å². The van der Waals surface area contributed by atoms with Gasteiger partial charge < -0.3 is 14.6 Å². The van der Waals surface area contributed by atoms with Gasteiger partial charge in [-0.15, -0.1) is 0 Å². The number of hydrogen-bond donors (Lipinski definition) is 1. The van der Waals surface area contributed by atoms with E-state index in [1.807, 2.05) is 30.3 Å². The Kier molecular flexibility index (Phi) is 4.56. The first-order valence-corrected chi connectivity index (χ1v) is 6.61. The number of aliphatic hydroxyl groups is 1. The molecular weight excluding hydrogens is 244 g/mol. The van der Waals surface area contributed by atoms with Crippen molar-refractivity contribution >= 4 is 5.97 Å². The number of hydrogen-bond acceptors (Lipinski definition) is 4. The first kappa shape index (κ1) is 14.0. The minimum Gasteiger partial charge on any atom is -0.459 e. The van der Waals surface area contributed by atoms with E-state index in [2.05, 4.69) is 0 Å². The number of methoxy groups -OCH3 is 1. The summed E-state index contributed by atoms with van der Waals surface area (Å²) in [5.74, 6) is -0.328. The molecule has 1 fully saturated rings. The minimum absolute atomic E-state index is 0.257. The highest BCUT2D eigenvalue weighted by molar-refractivity contribution is 5.79. The summed E-state index contributed by atoms with van der Waals surface area (Å²) in [5.41, 5.74) is 0.0755. The highest BCUT2D eigenvalue weighted by Crippen LogP contribution is 2.32. The predicted molar refractivity (Wildman–Crippen MR) is 70.5 cm³/mol. The molecule has 0 amide bonds. The molecule has 4 heteroatoms. The quantitative estimate of drug-likeness (QED) is 0.846. The first-order chi connectivity index (χ1) is 9.16. The standard InChI is InChI=1S/C15H20O4/c1-18-15(9-7-13(16)8-10-15)14(17)19-11-12-5-3-2-4-6-12/h2-6,13,16H,7-11H2,1H3/t13-,15+. The minimum atomic E-state index is -0.881. The molecule has 0 saturated heterocycles. The molecule has 1 aliphatic rings. The van der Waals surface area contributed by atoms with Crippen LogP contribution in [-0.2, 0) is 20.9 Å². The molecule has 4 nitrogen and oxygen atoms in total. The predicted octanol–water partition coefficient (Wildman–Crippen LogP) is 2.05. The average molecular weight is 264 g/mol. The summed E-state index contributed by atoms with van der Waals surface area (Å²) in [6, 6.07) is 9.57. The molecule has 0 radical (unpaired) electrons. The second-order valence-electron chi connectivity index (χ2n) is 4.99. The van der Waals surface area contributed by atoms with E-state index in [0.29, 0.717) is 25.7 Å². The number of esters is 1. The van der Waals surface area contributed by atoms with E-state index in [4.69, 9.17) is 9.47 Å². The summed E-state index contributed by atoms with van der Waals surface area (Å²) >= 11 is 0. The Morgan fingerprint density at radius 3 is 2.53 bits per heavy atom. The van der Waals surface area contributed by atoms with Gasteiger partial charge in [-0.25, -0.2) is 4.79 Å². The van der Waals surface area contributed by atoms with Crippen molar-refractivity contribution in [2.45, 2.75) is 44.0 Å². The largest absolute Gasteiger partial charge is 0.459 e. The van der Waals surface area contributed by atoms with Crippen molar-refractivity contribution in [1.82, 2.24) is 0 Å². The molecule has 0 unspecified atom stereocenters. The maximum atomic E-state index is 12.2. The Labute approximate surface area is 113 Å². The van der Waals surface area contributed by atoms with Crippen molar-refractivity contribution in [1.29, 1.82) is 0 Å². The summed E-state index contributed by atoms with van der Waals surface area (Å²) in [6.07, 6.45) is 1.85. The zero-order valence-electron chi connectivity index (χ0n) is 11.2. The Hall–Kier alpha value is -1.39. The van der Waals surface area contributed by atoms with Crippen LogP contribution in [0.1, 0.15) is 31.2 Å². The fourth-order valence-electron chi connectivity index (χ4n) is 2.42. The number of rotatable bonds is 4. The van der Waals surface area contributed by atoms with Gasteiger partial charge in [0.15, 0.2) is 5.60 Å². The molecule has 0 atom stereocenters. The average Bonchev–Trinajstić information content (AvgIpc) is 2.47. The molecule has 1 aliphatic carbocycles. The van der Waals surface area contributed by atoms with Gasteiger partial charge in [-0.2, -0.15) is 0 Å². The first-order valence-electron chi connectivity index (χ1n) is 6.61. The molecule has 1 saturated carbocycles. The van der Waals surface area contributed by atoms with E-state index < -0.39 is 5.60 Å². The van der Waals surface area contributed by atoms with Crippen LogP contribution in [-0.4, -0.2) is 29.9 Å². The van der Waals surface area contributed by atoms with Gasteiger partial charge in [-0.05, 0) is 31.2 Å². The Bertz CT molecular complexity index is 407. The van der Waals surface area contributed by atoms with Gasteiger partial charge in [0.2, 0.25) is 0 Å². The van der Waals surface area contributed by atoms with Crippen LogP contribution in [0, 0.1) is 0 Å².